The highest BCUT2D eigenvalue weighted by molar-refractivity contribution is 5.78. The molecule has 0 spiro atoms. The van der Waals surface area contributed by atoms with Gasteiger partial charge < -0.3 is 25.4 Å². The molecule has 4 saturated carbocycles. The number of ether oxygens (including phenoxy) is 2. The van der Waals surface area contributed by atoms with Gasteiger partial charge in [-0.05, 0) is 149 Å². The van der Waals surface area contributed by atoms with E-state index in [9.17, 15) is 14.4 Å². The van der Waals surface area contributed by atoms with Crippen LogP contribution >= 0.6 is 0 Å². The minimum absolute atomic E-state index is 0.00663. The normalized spacial score (nSPS) is 33.9. The third kappa shape index (κ3) is 12.7. The number of hydrogen-bond donors (Lipinski definition) is 3. The number of alkyl carbamates (subject to hydrolysis) is 1. The van der Waals surface area contributed by atoms with Crippen LogP contribution in [0.15, 0.2) is 12.2 Å². The number of esters is 1. The van der Waals surface area contributed by atoms with Crippen molar-refractivity contribution in [2.45, 2.75) is 213 Å². The van der Waals surface area contributed by atoms with Crippen LogP contribution in [0, 0.1) is 46.3 Å². The van der Waals surface area contributed by atoms with Crippen LogP contribution in [0.3, 0.4) is 0 Å². The number of carbonyl (C=O) groups excluding carboxylic acids is 3. The molecule has 8 nitrogen and oxygen atoms in total. The Balaban J connectivity index is 0.935. The molecule has 2 amide bonds. The van der Waals surface area contributed by atoms with Crippen molar-refractivity contribution in [3.63, 3.8) is 0 Å². The quantitative estimate of drug-likeness (QED) is 0.0540. The lowest BCUT2D eigenvalue weighted by Crippen LogP contribution is -2.54. The van der Waals surface area contributed by atoms with Gasteiger partial charge in [0.05, 0.1) is 7.11 Å². The summed E-state index contributed by atoms with van der Waals surface area (Å²) >= 11 is 0. The summed E-state index contributed by atoms with van der Waals surface area (Å²) in [6, 6.07) is -0.327. The molecule has 5 rings (SSSR count). The van der Waals surface area contributed by atoms with Gasteiger partial charge in [-0.3, -0.25) is 9.59 Å². The van der Waals surface area contributed by atoms with E-state index in [4.69, 9.17) is 9.47 Å². The number of rotatable bonds is 23. The summed E-state index contributed by atoms with van der Waals surface area (Å²) in [7, 11) is 1.41. The number of unbranched alkanes of at least 4 members (excludes halogenated alkanes) is 12. The van der Waals surface area contributed by atoms with Crippen molar-refractivity contribution in [2.24, 2.45) is 46.3 Å². The highest BCUT2D eigenvalue weighted by Crippen LogP contribution is 2.68. The second-order valence-corrected chi connectivity index (χ2v) is 20.1. The van der Waals surface area contributed by atoms with E-state index in [1.54, 1.807) is 0 Å². The molecule has 0 radical (unpaired) electrons. The Morgan fingerprint density at radius 3 is 2.18 bits per heavy atom. The second kappa shape index (κ2) is 23.1. The summed E-state index contributed by atoms with van der Waals surface area (Å²) in [5.74, 6) is 4.09. The number of fused-ring (bicyclic) bond motifs is 5. The molecule has 4 aliphatic carbocycles. The number of methoxy groups -OCH3 is 1. The lowest BCUT2D eigenvalue weighted by molar-refractivity contribution is -0.142. The Kier molecular flexibility index (Phi) is 18.6. The van der Waals surface area contributed by atoms with Gasteiger partial charge >= 0.3 is 12.1 Å². The molecule has 5 aliphatic rings. The van der Waals surface area contributed by atoms with Crippen molar-refractivity contribution in [1.29, 1.82) is 0 Å². The van der Waals surface area contributed by atoms with Crippen LogP contribution in [-0.2, 0) is 19.1 Å². The summed E-state index contributed by atoms with van der Waals surface area (Å²) in [5.41, 5.74) is 0.722. The zero-order chi connectivity index (χ0) is 40.7. The average Bonchev–Trinajstić information content (AvgIpc) is 3.82. The number of amides is 2. The summed E-state index contributed by atoms with van der Waals surface area (Å²) in [4.78, 5) is 37.6. The zero-order valence-electron chi connectivity index (χ0n) is 37.2. The van der Waals surface area contributed by atoms with Gasteiger partial charge in [-0.15, -0.1) is 0 Å². The molecule has 0 aromatic rings. The largest absolute Gasteiger partial charge is 0.468 e. The number of allylic oxidation sites excluding steroid dienone is 2. The van der Waals surface area contributed by atoms with Crippen molar-refractivity contribution < 1.29 is 23.9 Å². The van der Waals surface area contributed by atoms with Gasteiger partial charge in [0.2, 0.25) is 5.91 Å². The maximum atomic E-state index is 12.9. The Labute approximate surface area is 348 Å². The second-order valence-electron chi connectivity index (χ2n) is 20.1. The maximum Gasteiger partial charge on any atom is 0.407 e. The highest BCUT2D eigenvalue weighted by Gasteiger charge is 2.60. The van der Waals surface area contributed by atoms with Crippen molar-refractivity contribution in [1.82, 2.24) is 16.0 Å². The number of carbonyl (C=O) groups is 3. The fourth-order valence-electron chi connectivity index (χ4n) is 13.1. The SMILES string of the molecule is CCCCCCCCC=CCCCCCCCCNC(=O)O[C@@H]1CC[C@@]2(C)C(CCC3C2CC[C@@]2(C)C3CC[C@@H]2[C@H](C)CCC(=O)N[C@@H]2CN[C@H](C(=O)OC)C2)C1. The van der Waals surface area contributed by atoms with E-state index in [0.717, 1.165) is 50.0 Å². The molecule has 0 aromatic heterocycles. The molecule has 326 valence electrons. The van der Waals surface area contributed by atoms with E-state index < -0.39 is 0 Å². The minimum atomic E-state index is -0.320. The Morgan fingerprint density at radius 2 is 1.46 bits per heavy atom. The Bertz CT molecular complexity index is 1270. The van der Waals surface area contributed by atoms with E-state index in [2.05, 4.69) is 55.8 Å². The molecule has 1 heterocycles. The van der Waals surface area contributed by atoms with Crippen molar-refractivity contribution in [3.8, 4) is 0 Å². The van der Waals surface area contributed by atoms with Crippen molar-refractivity contribution in [3.05, 3.63) is 12.2 Å². The van der Waals surface area contributed by atoms with Gasteiger partial charge in [-0.2, -0.15) is 0 Å². The van der Waals surface area contributed by atoms with Crippen LogP contribution in [-0.4, -0.2) is 56.4 Å². The molecular formula is C49H85N3O5. The van der Waals surface area contributed by atoms with E-state index >= 15 is 0 Å². The van der Waals surface area contributed by atoms with Crippen molar-refractivity contribution in [2.75, 3.05) is 20.2 Å². The van der Waals surface area contributed by atoms with E-state index in [-0.39, 0.29) is 36.2 Å². The number of hydrogen-bond acceptors (Lipinski definition) is 6. The fraction of sp³-hybridized carbons (Fsp3) is 0.898. The van der Waals surface area contributed by atoms with E-state index in [1.807, 2.05) is 0 Å². The van der Waals surface area contributed by atoms with Crippen LogP contribution in [0.1, 0.15) is 195 Å². The topological polar surface area (TPSA) is 106 Å². The van der Waals surface area contributed by atoms with Crippen molar-refractivity contribution >= 4 is 18.0 Å². The average molecular weight is 796 g/mol. The molecule has 4 unspecified atom stereocenters. The third-order valence-corrected chi connectivity index (χ3v) is 16.4. The first-order valence-corrected chi connectivity index (χ1v) is 24.3. The molecule has 1 aliphatic heterocycles. The summed E-state index contributed by atoms with van der Waals surface area (Å²) in [5, 5.41) is 9.42. The van der Waals surface area contributed by atoms with Crippen LogP contribution in [0.2, 0.25) is 0 Å². The first-order valence-electron chi connectivity index (χ1n) is 24.3. The van der Waals surface area contributed by atoms with Gasteiger partial charge in [0.1, 0.15) is 12.1 Å². The van der Waals surface area contributed by atoms with Gasteiger partial charge in [-0.1, -0.05) is 97.6 Å². The molecule has 0 aromatic carbocycles. The molecule has 11 atom stereocenters. The summed E-state index contributed by atoms with van der Waals surface area (Å²) in [6.45, 7) is 11.2. The fourth-order valence-corrected chi connectivity index (χ4v) is 13.1. The molecule has 5 fully saturated rings. The first-order chi connectivity index (χ1) is 27.6. The van der Waals surface area contributed by atoms with Crippen LogP contribution in [0.4, 0.5) is 4.79 Å². The van der Waals surface area contributed by atoms with E-state index in [0.29, 0.717) is 48.0 Å². The Hall–Kier alpha value is -2.09. The lowest BCUT2D eigenvalue weighted by atomic mass is 9.44. The van der Waals surface area contributed by atoms with Crippen LogP contribution in [0.25, 0.3) is 0 Å². The smallest absolute Gasteiger partial charge is 0.407 e. The van der Waals surface area contributed by atoms with Crippen LogP contribution in [0.5, 0.6) is 0 Å². The highest BCUT2D eigenvalue weighted by atomic mass is 16.6. The Morgan fingerprint density at radius 1 is 0.789 bits per heavy atom. The predicted octanol–water partition coefficient (Wildman–Crippen LogP) is 11.2. The lowest BCUT2D eigenvalue weighted by Gasteiger charge is -2.61. The zero-order valence-corrected chi connectivity index (χ0v) is 37.2. The summed E-state index contributed by atoms with van der Waals surface area (Å²) < 4.78 is 10.9. The standard InChI is InChI=1S/C49H85N3O5/c1-6-7-8-9-10-11-12-13-14-15-16-17-18-19-20-21-32-50-47(55)57-39-28-30-48(3)37(33-39)23-24-40-42-26-25-41(49(42,4)31-29-43(40)48)36(2)22-27-45(53)52-38-34-44(51-35-38)46(54)56-5/h13-14,36-44,51H,6-12,15-35H2,1-5H3,(H,50,55)(H,52,53)/t36-,37?,38+,39-,40?,41-,42?,43?,44+,48+,49-/m1/s1. The van der Waals surface area contributed by atoms with Crippen LogP contribution < -0.4 is 16.0 Å². The molecule has 1 saturated heterocycles. The summed E-state index contributed by atoms with van der Waals surface area (Å²) in [6.07, 6.45) is 35.9. The molecule has 57 heavy (non-hydrogen) atoms. The molecule has 8 heteroatoms. The molecule has 3 N–H and O–H groups in total. The first kappa shape index (κ1) is 46.0. The van der Waals surface area contributed by atoms with Gasteiger partial charge in [0, 0.05) is 25.6 Å². The van der Waals surface area contributed by atoms with Gasteiger partial charge in [0.25, 0.3) is 0 Å². The third-order valence-electron chi connectivity index (χ3n) is 16.4. The monoisotopic (exact) mass is 796 g/mol. The predicted molar refractivity (Wildman–Crippen MR) is 232 cm³/mol. The molecule has 0 bridgehead atoms. The van der Waals surface area contributed by atoms with Gasteiger partial charge in [0.15, 0.2) is 0 Å². The molecular weight excluding hydrogens is 711 g/mol. The minimum Gasteiger partial charge on any atom is -0.468 e. The van der Waals surface area contributed by atoms with Gasteiger partial charge in [-0.25, -0.2) is 4.79 Å². The van der Waals surface area contributed by atoms with E-state index in [1.165, 1.54) is 136 Å². The maximum absolute atomic E-state index is 12.9. The number of nitrogens with one attached hydrogen (secondary N) is 3.